The summed E-state index contributed by atoms with van der Waals surface area (Å²) in [5.74, 6) is 0.513. The fraction of sp³-hybridized carbons (Fsp3) is 0.429. The van der Waals surface area contributed by atoms with Gasteiger partial charge in [-0.25, -0.2) is 4.79 Å². The minimum absolute atomic E-state index is 0.250. The Hall–Kier alpha value is -2.04. The van der Waals surface area contributed by atoms with E-state index in [4.69, 9.17) is 4.74 Å². The fourth-order valence-corrected chi connectivity index (χ4v) is 2.08. The highest BCUT2D eigenvalue weighted by Gasteiger charge is 2.47. The number of amides is 3. The number of imide groups is 1. The van der Waals surface area contributed by atoms with Crippen molar-refractivity contribution in [1.29, 1.82) is 0 Å². The second-order valence-electron chi connectivity index (χ2n) is 4.79. The Labute approximate surface area is 112 Å². The van der Waals surface area contributed by atoms with Gasteiger partial charge in [0, 0.05) is 7.05 Å². The van der Waals surface area contributed by atoms with Crippen LogP contribution >= 0.6 is 0 Å². The highest BCUT2D eigenvalue weighted by molar-refractivity contribution is 6.06. The number of hydrogen-bond donors (Lipinski definition) is 1. The van der Waals surface area contributed by atoms with E-state index in [-0.39, 0.29) is 11.9 Å². The van der Waals surface area contributed by atoms with Crippen molar-refractivity contribution in [2.45, 2.75) is 25.8 Å². The van der Waals surface area contributed by atoms with Crippen LogP contribution in [0.25, 0.3) is 0 Å². The molecule has 1 aliphatic heterocycles. The van der Waals surface area contributed by atoms with E-state index in [1.165, 1.54) is 7.05 Å². The molecule has 0 bridgehead atoms. The van der Waals surface area contributed by atoms with E-state index in [0.29, 0.717) is 6.61 Å². The first-order valence-corrected chi connectivity index (χ1v) is 6.32. The Morgan fingerprint density at radius 2 is 1.89 bits per heavy atom. The summed E-state index contributed by atoms with van der Waals surface area (Å²) in [6, 6.07) is 6.87. The normalized spacial score (nSPS) is 22.6. The molecule has 0 spiro atoms. The maximum atomic E-state index is 12.1. The Morgan fingerprint density at radius 1 is 1.26 bits per heavy atom. The molecule has 102 valence electrons. The lowest BCUT2D eigenvalue weighted by Crippen LogP contribution is -2.40. The van der Waals surface area contributed by atoms with E-state index >= 15 is 0 Å². The number of carbonyl (C=O) groups is 2. The van der Waals surface area contributed by atoms with Gasteiger partial charge in [-0.1, -0.05) is 19.1 Å². The lowest BCUT2D eigenvalue weighted by atomic mass is 9.92. The van der Waals surface area contributed by atoms with Gasteiger partial charge < -0.3 is 10.1 Å². The minimum Gasteiger partial charge on any atom is -0.494 e. The van der Waals surface area contributed by atoms with Gasteiger partial charge in [-0.05, 0) is 31.0 Å². The van der Waals surface area contributed by atoms with E-state index in [2.05, 4.69) is 5.32 Å². The van der Waals surface area contributed by atoms with Crippen LogP contribution in [0, 0.1) is 0 Å². The van der Waals surface area contributed by atoms with Gasteiger partial charge in [0.1, 0.15) is 11.3 Å². The summed E-state index contributed by atoms with van der Waals surface area (Å²) < 4.78 is 5.49. The number of ether oxygens (including phenoxy) is 1. The predicted molar refractivity (Wildman–Crippen MR) is 70.9 cm³/mol. The molecule has 2 rings (SSSR count). The number of hydrogen-bond acceptors (Lipinski definition) is 3. The zero-order chi connectivity index (χ0) is 14.0. The van der Waals surface area contributed by atoms with E-state index in [0.717, 1.165) is 22.6 Å². The van der Waals surface area contributed by atoms with Crippen LogP contribution in [0.5, 0.6) is 5.75 Å². The third kappa shape index (κ3) is 2.28. The molecule has 0 unspecified atom stereocenters. The van der Waals surface area contributed by atoms with Gasteiger partial charge in [0.2, 0.25) is 0 Å². The molecule has 1 atom stereocenters. The van der Waals surface area contributed by atoms with Crippen LogP contribution in [0.3, 0.4) is 0 Å². The summed E-state index contributed by atoms with van der Waals surface area (Å²) in [4.78, 5) is 24.8. The molecule has 5 heteroatoms. The largest absolute Gasteiger partial charge is 0.494 e. The summed E-state index contributed by atoms with van der Waals surface area (Å²) in [5, 5.41) is 2.71. The van der Waals surface area contributed by atoms with E-state index in [9.17, 15) is 9.59 Å². The van der Waals surface area contributed by atoms with Crippen molar-refractivity contribution in [1.82, 2.24) is 10.2 Å². The molecule has 5 nitrogen and oxygen atoms in total. The third-order valence-corrected chi connectivity index (χ3v) is 3.30. The van der Waals surface area contributed by atoms with Crippen LogP contribution in [-0.2, 0) is 10.3 Å². The van der Waals surface area contributed by atoms with Gasteiger partial charge in [0.25, 0.3) is 5.91 Å². The van der Waals surface area contributed by atoms with Gasteiger partial charge in [-0.2, -0.15) is 0 Å². The Kier molecular flexibility index (Phi) is 3.46. The first-order chi connectivity index (χ1) is 8.99. The van der Waals surface area contributed by atoms with Crippen LogP contribution in [0.4, 0.5) is 4.79 Å². The first-order valence-electron chi connectivity index (χ1n) is 6.32. The molecule has 0 aliphatic carbocycles. The number of nitrogens with zero attached hydrogens (tertiary/aromatic N) is 1. The second kappa shape index (κ2) is 4.91. The molecular formula is C14H18N2O3. The Bertz CT molecular complexity index is 498. The van der Waals surface area contributed by atoms with Crippen molar-refractivity contribution < 1.29 is 14.3 Å². The topological polar surface area (TPSA) is 58.6 Å². The van der Waals surface area contributed by atoms with Gasteiger partial charge in [0.05, 0.1) is 6.61 Å². The molecule has 1 fully saturated rings. The molecule has 19 heavy (non-hydrogen) atoms. The standard InChI is InChI=1S/C14H18N2O3/c1-4-9-19-11-7-5-10(6-8-11)14(2)12(17)16(3)13(18)15-14/h5-8H,4,9H2,1-3H3,(H,15,18)/t14-/m0/s1. The monoisotopic (exact) mass is 262 g/mol. The number of carbonyl (C=O) groups excluding carboxylic acids is 2. The summed E-state index contributed by atoms with van der Waals surface area (Å²) in [6.07, 6.45) is 0.943. The van der Waals surface area contributed by atoms with Gasteiger partial charge in [-0.15, -0.1) is 0 Å². The Morgan fingerprint density at radius 3 is 2.37 bits per heavy atom. The smallest absolute Gasteiger partial charge is 0.325 e. The maximum absolute atomic E-state index is 12.1. The molecule has 1 aliphatic rings. The number of likely N-dealkylation sites (N-methyl/N-ethyl adjacent to an activating group) is 1. The molecule has 1 N–H and O–H groups in total. The van der Waals surface area contributed by atoms with Crippen LogP contribution in [0.15, 0.2) is 24.3 Å². The molecule has 0 aromatic heterocycles. The zero-order valence-corrected chi connectivity index (χ0v) is 11.4. The summed E-state index contributed by atoms with van der Waals surface area (Å²) >= 11 is 0. The fourth-order valence-electron chi connectivity index (χ4n) is 2.08. The van der Waals surface area contributed by atoms with E-state index < -0.39 is 5.54 Å². The van der Waals surface area contributed by atoms with Crippen LogP contribution in [-0.4, -0.2) is 30.5 Å². The average Bonchev–Trinajstić information content (AvgIpc) is 2.62. The molecule has 1 aromatic rings. The van der Waals surface area contributed by atoms with Gasteiger partial charge >= 0.3 is 6.03 Å². The second-order valence-corrected chi connectivity index (χ2v) is 4.79. The molecule has 0 saturated carbocycles. The Balaban J connectivity index is 2.22. The lowest BCUT2D eigenvalue weighted by Gasteiger charge is -2.21. The van der Waals surface area contributed by atoms with Crippen LogP contribution in [0.2, 0.25) is 0 Å². The quantitative estimate of drug-likeness (QED) is 0.843. The molecular weight excluding hydrogens is 244 g/mol. The summed E-state index contributed by atoms with van der Waals surface area (Å²) in [6.45, 7) is 4.41. The predicted octanol–water partition coefficient (Wildman–Crippen LogP) is 1.87. The molecule has 1 saturated heterocycles. The molecule has 1 aromatic carbocycles. The molecule has 1 heterocycles. The van der Waals surface area contributed by atoms with E-state index in [1.807, 2.05) is 31.2 Å². The van der Waals surface area contributed by atoms with Crippen LogP contribution < -0.4 is 10.1 Å². The van der Waals surface area contributed by atoms with Crippen molar-refractivity contribution in [2.24, 2.45) is 0 Å². The highest BCUT2D eigenvalue weighted by atomic mass is 16.5. The SMILES string of the molecule is CCCOc1ccc([C@]2(C)NC(=O)N(C)C2=O)cc1. The van der Waals surface area contributed by atoms with E-state index in [1.54, 1.807) is 6.92 Å². The highest BCUT2D eigenvalue weighted by Crippen LogP contribution is 2.29. The molecule has 0 radical (unpaired) electrons. The first kappa shape index (κ1) is 13.4. The lowest BCUT2D eigenvalue weighted by molar-refractivity contribution is -0.130. The summed E-state index contributed by atoms with van der Waals surface area (Å²) in [5.41, 5.74) is -0.242. The van der Waals surface area contributed by atoms with Crippen LogP contribution in [0.1, 0.15) is 25.8 Å². The summed E-state index contributed by atoms with van der Waals surface area (Å²) in [7, 11) is 1.47. The molecule has 3 amide bonds. The van der Waals surface area contributed by atoms with Crippen molar-refractivity contribution in [3.05, 3.63) is 29.8 Å². The number of benzene rings is 1. The van der Waals surface area contributed by atoms with Crippen molar-refractivity contribution >= 4 is 11.9 Å². The average molecular weight is 262 g/mol. The van der Waals surface area contributed by atoms with Gasteiger partial charge in [0.15, 0.2) is 0 Å². The number of nitrogens with one attached hydrogen (secondary N) is 1. The van der Waals surface area contributed by atoms with Crippen molar-refractivity contribution in [2.75, 3.05) is 13.7 Å². The third-order valence-electron chi connectivity index (χ3n) is 3.30. The van der Waals surface area contributed by atoms with Gasteiger partial charge in [-0.3, -0.25) is 9.69 Å². The van der Waals surface area contributed by atoms with Crippen molar-refractivity contribution in [3.8, 4) is 5.75 Å². The maximum Gasteiger partial charge on any atom is 0.325 e. The zero-order valence-electron chi connectivity index (χ0n) is 11.4. The number of urea groups is 1. The number of rotatable bonds is 4. The minimum atomic E-state index is -0.991. The van der Waals surface area contributed by atoms with Crippen molar-refractivity contribution in [3.63, 3.8) is 0 Å².